The molecule has 10 heteroatoms. The van der Waals surface area contributed by atoms with Gasteiger partial charge in [0.1, 0.15) is 11.5 Å². The molecule has 1 aromatic carbocycles. The van der Waals surface area contributed by atoms with Crippen LogP contribution in [0.25, 0.3) is 0 Å². The highest BCUT2D eigenvalue weighted by Crippen LogP contribution is 2.39. The lowest BCUT2D eigenvalue weighted by atomic mass is 10.2. The summed E-state index contributed by atoms with van der Waals surface area (Å²) in [5, 5.41) is 25.3. The third-order valence-electron chi connectivity index (χ3n) is 4.49. The molecule has 3 aromatic rings. The summed E-state index contributed by atoms with van der Waals surface area (Å²) in [6.45, 7) is 0. The Bertz CT molecular complexity index is 1010. The predicted molar refractivity (Wildman–Crippen MR) is 112 cm³/mol. The van der Waals surface area contributed by atoms with E-state index in [0.29, 0.717) is 11.8 Å². The predicted octanol–water partition coefficient (Wildman–Crippen LogP) is 4.29. The van der Waals surface area contributed by atoms with Crippen LogP contribution in [-0.2, 0) is 11.2 Å². The minimum absolute atomic E-state index is 0.111. The van der Waals surface area contributed by atoms with Crippen molar-refractivity contribution < 1.29 is 9.72 Å². The summed E-state index contributed by atoms with van der Waals surface area (Å²) < 4.78 is 2.20. The zero-order valence-electron chi connectivity index (χ0n) is 15.5. The Morgan fingerprint density at radius 2 is 2.10 bits per heavy atom. The summed E-state index contributed by atoms with van der Waals surface area (Å²) in [4.78, 5) is 24.0. The minimum atomic E-state index is -0.502. The van der Waals surface area contributed by atoms with E-state index in [1.54, 1.807) is 23.5 Å². The van der Waals surface area contributed by atoms with Gasteiger partial charge in [0.05, 0.1) is 4.92 Å². The van der Waals surface area contributed by atoms with Gasteiger partial charge in [0.25, 0.3) is 5.69 Å². The zero-order chi connectivity index (χ0) is 20.2. The second-order valence-corrected chi connectivity index (χ2v) is 8.77. The van der Waals surface area contributed by atoms with Gasteiger partial charge in [-0.05, 0) is 30.4 Å². The van der Waals surface area contributed by atoms with Crippen LogP contribution >= 0.6 is 23.1 Å². The Balaban J connectivity index is 1.35. The van der Waals surface area contributed by atoms with Gasteiger partial charge in [-0.25, -0.2) is 0 Å². The zero-order valence-corrected chi connectivity index (χ0v) is 17.1. The molecule has 8 nitrogen and oxygen atoms in total. The fourth-order valence-corrected chi connectivity index (χ4v) is 4.64. The first-order chi connectivity index (χ1) is 14.1. The van der Waals surface area contributed by atoms with Gasteiger partial charge in [0, 0.05) is 35.6 Å². The van der Waals surface area contributed by atoms with E-state index in [1.165, 1.54) is 28.8 Å². The molecule has 4 rings (SSSR count). The number of amides is 1. The molecule has 2 aromatic heterocycles. The van der Waals surface area contributed by atoms with Crippen molar-refractivity contribution in [3.05, 3.63) is 62.6 Å². The van der Waals surface area contributed by atoms with Crippen LogP contribution < -0.4 is 5.32 Å². The van der Waals surface area contributed by atoms with E-state index in [4.69, 9.17) is 0 Å². The minimum Gasteiger partial charge on any atom is -0.320 e. The molecule has 1 amide bonds. The average molecular weight is 430 g/mol. The van der Waals surface area contributed by atoms with Crippen molar-refractivity contribution in [2.75, 3.05) is 11.1 Å². The van der Waals surface area contributed by atoms with Gasteiger partial charge in [0.15, 0.2) is 5.16 Å². The molecule has 0 spiro atoms. The van der Waals surface area contributed by atoms with Crippen molar-refractivity contribution in [3.63, 3.8) is 0 Å². The van der Waals surface area contributed by atoms with Crippen LogP contribution in [0, 0.1) is 10.1 Å². The van der Waals surface area contributed by atoms with E-state index < -0.39 is 4.92 Å². The van der Waals surface area contributed by atoms with E-state index in [2.05, 4.69) is 31.5 Å². The number of thiophene rings is 1. The number of nitro groups is 1. The molecule has 0 unspecified atom stereocenters. The topological polar surface area (TPSA) is 103 Å². The smallest absolute Gasteiger partial charge is 0.292 e. The number of hydrogen-bond donors (Lipinski definition) is 1. The summed E-state index contributed by atoms with van der Waals surface area (Å²) in [5.41, 5.74) is 0.104. The van der Waals surface area contributed by atoms with Gasteiger partial charge < -0.3 is 9.88 Å². The Morgan fingerprint density at radius 1 is 1.28 bits per heavy atom. The summed E-state index contributed by atoms with van der Waals surface area (Å²) in [6.07, 6.45) is 3.25. The number of aromatic nitrogens is 3. The largest absolute Gasteiger partial charge is 0.320 e. The molecular formula is C19H19N5O3S2. The van der Waals surface area contributed by atoms with Crippen molar-refractivity contribution >= 4 is 40.4 Å². The normalized spacial score (nSPS) is 13.4. The van der Waals surface area contributed by atoms with Crippen molar-refractivity contribution in [2.24, 2.45) is 0 Å². The summed E-state index contributed by atoms with van der Waals surface area (Å²) in [5.74, 6) is 1.22. The van der Waals surface area contributed by atoms with Gasteiger partial charge in [0.2, 0.25) is 5.91 Å². The number of nitrogens with zero attached hydrogens (tertiary/aromatic N) is 4. The number of benzene rings is 1. The third kappa shape index (κ3) is 4.83. The van der Waals surface area contributed by atoms with Gasteiger partial charge in [-0.15, -0.1) is 21.5 Å². The fourth-order valence-electron chi connectivity index (χ4n) is 2.98. The van der Waals surface area contributed by atoms with Crippen molar-refractivity contribution in [1.82, 2.24) is 14.8 Å². The second-order valence-electron chi connectivity index (χ2n) is 6.68. The van der Waals surface area contributed by atoms with Crippen LogP contribution in [0.4, 0.5) is 11.4 Å². The van der Waals surface area contributed by atoms with Crippen molar-refractivity contribution in [3.8, 4) is 0 Å². The first kappa shape index (κ1) is 19.6. The molecule has 0 saturated heterocycles. The average Bonchev–Trinajstić information content (AvgIpc) is 3.25. The number of carbonyl (C=O) groups excluding carboxylic acids is 1. The van der Waals surface area contributed by atoms with Gasteiger partial charge in [-0.3, -0.25) is 14.9 Å². The molecule has 1 fully saturated rings. The number of thioether (sulfide) groups is 1. The van der Waals surface area contributed by atoms with E-state index in [9.17, 15) is 14.9 Å². The molecule has 0 bridgehead atoms. The highest BCUT2D eigenvalue weighted by atomic mass is 32.2. The van der Waals surface area contributed by atoms with Gasteiger partial charge in [-0.1, -0.05) is 30.0 Å². The monoisotopic (exact) mass is 429 g/mol. The van der Waals surface area contributed by atoms with E-state index in [1.807, 2.05) is 6.07 Å². The number of rotatable bonds is 9. The van der Waals surface area contributed by atoms with Crippen LogP contribution in [0.15, 0.2) is 46.9 Å². The highest BCUT2D eigenvalue weighted by Gasteiger charge is 2.29. The summed E-state index contributed by atoms with van der Waals surface area (Å²) in [6, 6.07) is 10.7. The number of para-hydroxylation sites is 2. The van der Waals surface area contributed by atoms with E-state index in [0.717, 1.165) is 30.2 Å². The summed E-state index contributed by atoms with van der Waals surface area (Å²) in [7, 11) is 0. The van der Waals surface area contributed by atoms with Crippen LogP contribution in [0.3, 0.4) is 0 Å². The first-order valence-electron chi connectivity index (χ1n) is 9.24. The lowest BCUT2D eigenvalue weighted by molar-refractivity contribution is -0.383. The molecule has 1 aliphatic rings. The number of nitro benzene ring substituents is 1. The second kappa shape index (κ2) is 8.75. The molecule has 0 aliphatic heterocycles. The standard InChI is InChI=1S/C19H19N5O3S2/c25-18(20-15-5-1-2-6-16(15)24(26)27)9-11-29-19-22-21-17(23(19)13-7-8-13)12-14-4-3-10-28-14/h1-6,10,13H,7-9,11-12H2,(H,20,25). The van der Waals surface area contributed by atoms with Gasteiger partial charge in [-0.2, -0.15) is 0 Å². The lowest BCUT2D eigenvalue weighted by Gasteiger charge is -2.08. The van der Waals surface area contributed by atoms with Crippen LogP contribution in [0.1, 0.15) is 36.0 Å². The van der Waals surface area contributed by atoms with Gasteiger partial charge >= 0.3 is 0 Å². The molecule has 29 heavy (non-hydrogen) atoms. The molecule has 0 radical (unpaired) electrons. The molecule has 1 aliphatic carbocycles. The maximum atomic E-state index is 12.2. The molecule has 1 N–H and O–H groups in total. The fraction of sp³-hybridized carbons (Fsp3) is 0.316. The van der Waals surface area contributed by atoms with E-state index >= 15 is 0 Å². The molecular weight excluding hydrogens is 410 g/mol. The highest BCUT2D eigenvalue weighted by molar-refractivity contribution is 7.99. The van der Waals surface area contributed by atoms with Crippen LogP contribution in [-0.4, -0.2) is 31.3 Å². The molecule has 0 atom stereocenters. The number of hydrogen-bond acceptors (Lipinski definition) is 7. The quantitative estimate of drug-likeness (QED) is 0.309. The molecule has 150 valence electrons. The lowest BCUT2D eigenvalue weighted by Crippen LogP contribution is -2.13. The van der Waals surface area contributed by atoms with Crippen LogP contribution in [0.5, 0.6) is 0 Å². The Morgan fingerprint density at radius 3 is 2.83 bits per heavy atom. The van der Waals surface area contributed by atoms with Crippen molar-refractivity contribution in [2.45, 2.75) is 36.9 Å². The SMILES string of the molecule is O=C(CCSc1nnc(Cc2cccs2)n1C1CC1)Nc1ccccc1[N+](=O)[O-]. The Kier molecular flexibility index (Phi) is 5.91. The number of carbonyl (C=O) groups is 1. The molecule has 1 saturated carbocycles. The first-order valence-corrected chi connectivity index (χ1v) is 11.1. The van der Waals surface area contributed by atoms with Crippen molar-refractivity contribution in [1.29, 1.82) is 0 Å². The summed E-state index contributed by atoms with van der Waals surface area (Å²) >= 11 is 3.20. The number of anilines is 1. The van der Waals surface area contributed by atoms with E-state index in [-0.39, 0.29) is 23.7 Å². The maximum Gasteiger partial charge on any atom is 0.292 e. The maximum absolute atomic E-state index is 12.2. The molecule has 2 heterocycles. The van der Waals surface area contributed by atoms with Crippen LogP contribution in [0.2, 0.25) is 0 Å². The third-order valence-corrected chi connectivity index (χ3v) is 6.32. The Hall–Kier alpha value is -2.72. The Labute approximate surface area is 175 Å². The number of nitrogens with one attached hydrogen (secondary N) is 1.